The highest BCUT2D eigenvalue weighted by atomic mass is 15.4. The van der Waals surface area contributed by atoms with Crippen LogP contribution >= 0.6 is 0 Å². The Kier molecular flexibility index (Phi) is 2.91. The van der Waals surface area contributed by atoms with Gasteiger partial charge in [0.15, 0.2) is 5.65 Å². The first-order chi connectivity index (χ1) is 8.78. The number of anilines is 1. The number of nitrogens with one attached hydrogen (secondary N) is 1. The van der Waals surface area contributed by atoms with Crippen molar-refractivity contribution in [2.24, 2.45) is 0 Å². The van der Waals surface area contributed by atoms with Crippen LogP contribution in [0.2, 0.25) is 0 Å². The summed E-state index contributed by atoms with van der Waals surface area (Å²) in [5.41, 5.74) is 2.12. The molecule has 1 aliphatic rings. The normalized spacial score (nSPS) is 19.9. The van der Waals surface area contributed by atoms with Crippen molar-refractivity contribution in [2.45, 2.75) is 25.8 Å². The topological polar surface area (TPSA) is 45.5 Å². The number of rotatable bonds is 3. The Balaban J connectivity index is 1.93. The molecule has 0 saturated carbocycles. The van der Waals surface area contributed by atoms with Gasteiger partial charge in [-0.1, -0.05) is 6.07 Å². The maximum Gasteiger partial charge on any atom is 0.245 e. The highest BCUT2D eigenvalue weighted by Gasteiger charge is 2.26. The molecule has 0 bridgehead atoms. The summed E-state index contributed by atoms with van der Waals surface area (Å²) in [7, 11) is 2.00. The van der Waals surface area contributed by atoms with Gasteiger partial charge in [0, 0.05) is 25.3 Å². The van der Waals surface area contributed by atoms with E-state index < -0.39 is 0 Å². The largest absolute Gasteiger partial charge is 0.335 e. The smallest absolute Gasteiger partial charge is 0.245 e. The predicted molar refractivity (Wildman–Crippen MR) is 72.0 cm³/mol. The van der Waals surface area contributed by atoms with Gasteiger partial charge < -0.3 is 10.2 Å². The average molecular weight is 245 g/mol. The molecule has 96 valence electrons. The van der Waals surface area contributed by atoms with Crippen LogP contribution in [0.15, 0.2) is 18.3 Å². The summed E-state index contributed by atoms with van der Waals surface area (Å²) in [6, 6.07) is 4.62. The Labute approximate surface area is 107 Å². The molecule has 2 aromatic heterocycles. The SMILES string of the molecule is CNCC1CCCN1c1nc2ccc(C)cn2n1. The molecule has 0 aromatic carbocycles. The van der Waals surface area contributed by atoms with Gasteiger partial charge in [0.2, 0.25) is 5.95 Å². The van der Waals surface area contributed by atoms with Crippen molar-refractivity contribution in [3.63, 3.8) is 0 Å². The maximum absolute atomic E-state index is 4.62. The highest BCUT2D eigenvalue weighted by Crippen LogP contribution is 2.22. The first-order valence-electron chi connectivity index (χ1n) is 6.52. The quantitative estimate of drug-likeness (QED) is 0.883. The Morgan fingerprint density at radius 2 is 2.33 bits per heavy atom. The molecular formula is C13H19N5. The minimum Gasteiger partial charge on any atom is -0.335 e. The zero-order chi connectivity index (χ0) is 12.5. The second kappa shape index (κ2) is 4.57. The summed E-state index contributed by atoms with van der Waals surface area (Å²) in [5, 5.41) is 7.84. The van der Waals surface area contributed by atoms with Crippen LogP contribution in [0.25, 0.3) is 5.65 Å². The predicted octanol–water partition coefficient (Wildman–Crippen LogP) is 1.23. The van der Waals surface area contributed by atoms with Crippen molar-refractivity contribution in [1.82, 2.24) is 19.9 Å². The monoisotopic (exact) mass is 245 g/mol. The third kappa shape index (κ3) is 1.95. The highest BCUT2D eigenvalue weighted by molar-refractivity contribution is 5.46. The van der Waals surface area contributed by atoms with E-state index in [1.807, 2.05) is 23.8 Å². The van der Waals surface area contributed by atoms with E-state index in [0.717, 1.165) is 24.7 Å². The van der Waals surface area contributed by atoms with Crippen LogP contribution in [0.3, 0.4) is 0 Å². The minimum absolute atomic E-state index is 0.522. The van der Waals surface area contributed by atoms with Gasteiger partial charge in [-0.3, -0.25) is 0 Å². The van der Waals surface area contributed by atoms with Crippen LogP contribution in [0.1, 0.15) is 18.4 Å². The van der Waals surface area contributed by atoms with Crippen LogP contribution in [-0.4, -0.2) is 40.8 Å². The van der Waals surface area contributed by atoms with E-state index in [2.05, 4.69) is 33.3 Å². The zero-order valence-corrected chi connectivity index (χ0v) is 10.9. The first kappa shape index (κ1) is 11.5. The van der Waals surface area contributed by atoms with Gasteiger partial charge >= 0.3 is 0 Å². The van der Waals surface area contributed by atoms with Crippen LogP contribution < -0.4 is 10.2 Å². The molecule has 0 amide bonds. The van der Waals surface area contributed by atoms with Gasteiger partial charge in [0.25, 0.3) is 0 Å². The third-order valence-electron chi connectivity index (χ3n) is 3.54. The van der Waals surface area contributed by atoms with E-state index in [9.17, 15) is 0 Å². The van der Waals surface area contributed by atoms with Crippen molar-refractivity contribution in [1.29, 1.82) is 0 Å². The molecule has 1 unspecified atom stereocenters. The molecule has 18 heavy (non-hydrogen) atoms. The van der Waals surface area contributed by atoms with Crippen molar-refractivity contribution >= 4 is 11.6 Å². The Hall–Kier alpha value is -1.62. The Morgan fingerprint density at radius 1 is 1.44 bits per heavy atom. The molecular weight excluding hydrogens is 226 g/mol. The van der Waals surface area contributed by atoms with Crippen LogP contribution in [0.5, 0.6) is 0 Å². The lowest BCUT2D eigenvalue weighted by molar-refractivity contribution is 0.607. The third-order valence-corrected chi connectivity index (χ3v) is 3.54. The number of likely N-dealkylation sites (N-methyl/N-ethyl adjacent to an activating group) is 1. The summed E-state index contributed by atoms with van der Waals surface area (Å²) in [5.74, 6) is 0.860. The second-order valence-corrected chi connectivity index (χ2v) is 4.97. The molecule has 2 aromatic rings. The lowest BCUT2D eigenvalue weighted by Gasteiger charge is -2.22. The van der Waals surface area contributed by atoms with Crippen LogP contribution in [-0.2, 0) is 0 Å². The summed E-state index contributed by atoms with van der Waals surface area (Å²) in [6.45, 7) is 4.12. The van der Waals surface area contributed by atoms with Crippen molar-refractivity contribution in [2.75, 3.05) is 25.0 Å². The summed E-state index contributed by atoms with van der Waals surface area (Å²) >= 11 is 0. The lowest BCUT2D eigenvalue weighted by atomic mass is 10.2. The molecule has 0 spiro atoms. The van der Waals surface area contributed by atoms with E-state index in [1.165, 1.54) is 18.4 Å². The molecule has 1 aliphatic heterocycles. The zero-order valence-electron chi connectivity index (χ0n) is 10.9. The standard InChI is InChI=1S/C13H19N5/c1-10-5-6-12-15-13(16-18(12)9-10)17-7-3-4-11(17)8-14-2/h5-6,9,11,14H,3-4,7-8H2,1-2H3. The number of fused-ring (bicyclic) bond motifs is 1. The second-order valence-electron chi connectivity index (χ2n) is 4.97. The van der Waals surface area contributed by atoms with Crippen LogP contribution in [0.4, 0.5) is 5.95 Å². The van der Waals surface area contributed by atoms with Crippen LogP contribution in [0, 0.1) is 6.92 Å². The van der Waals surface area contributed by atoms with Gasteiger partial charge in [0.1, 0.15) is 0 Å². The van der Waals surface area contributed by atoms with E-state index in [-0.39, 0.29) is 0 Å². The fraction of sp³-hybridized carbons (Fsp3) is 0.538. The first-order valence-corrected chi connectivity index (χ1v) is 6.52. The average Bonchev–Trinajstić information content (AvgIpc) is 2.94. The molecule has 1 N–H and O–H groups in total. The molecule has 0 aliphatic carbocycles. The molecule has 5 heteroatoms. The Morgan fingerprint density at radius 3 is 3.17 bits per heavy atom. The molecule has 1 saturated heterocycles. The molecule has 0 radical (unpaired) electrons. The van der Waals surface area contributed by atoms with Crippen molar-refractivity contribution < 1.29 is 0 Å². The lowest BCUT2D eigenvalue weighted by Crippen LogP contribution is -2.37. The number of aromatic nitrogens is 3. The Bertz CT molecular complexity index is 547. The van der Waals surface area contributed by atoms with Crippen molar-refractivity contribution in [3.8, 4) is 0 Å². The molecule has 1 fully saturated rings. The van der Waals surface area contributed by atoms with Gasteiger partial charge in [0.05, 0.1) is 0 Å². The van der Waals surface area contributed by atoms with Gasteiger partial charge in [-0.25, -0.2) is 4.52 Å². The van der Waals surface area contributed by atoms with E-state index in [0.29, 0.717) is 6.04 Å². The van der Waals surface area contributed by atoms with Crippen molar-refractivity contribution in [3.05, 3.63) is 23.9 Å². The fourth-order valence-electron chi connectivity index (χ4n) is 2.64. The van der Waals surface area contributed by atoms with E-state index in [4.69, 9.17) is 0 Å². The molecule has 3 heterocycles. The number of pyridine rings is 1. The summed E-state index contributed by atoms with van der Waals surface area (Å²) < 4.78 is 1.87. The minimum atomic E-state index is 0.522. The number of hydrogen-bond acceptors (Lipinski definition) is 4. The van der Waals surface area contributed by atoms with Gasteiger partial charge in [-0.05, 0) is 38.4 Å². The number of nitrogens with zero attached hydrogens (tertiary/aromatic N) is 4. The number of hydrogen-bond donors (Lipinski definition) is 1. The summed E-state index contributed by atoms with van der Waals surface area (Å²) in [6.07, 6.45) is 4.46. The number of aryl methyl sites for hydroxylation is 1. The van der Waals surface area contributed by atoms with Gasteiger partial charge in [-0.2, -0.15) is 4.98 Å². The molecule has 5 nitrogen and oxygen atoms in total. The fourth-order valence-corrected chi connectivity index (χ4v) is 2.64. The van der Waals surface area contributed by atoms with Gasteiger partial charge in [-0.15, -0.1) is 5.10 Å². The summed E-state index contributed by atoms with van der Waals surface area (Å²) in [4.78, 5) is 6.94. The molecule has 3 rings (SSSR count). The van der Waals surface area contributed by atoms with E-state index >= 15 is 0 Å². The van der Waals surface area contributed by atoms with E-state index in [1.54, 1.807) is 0 Å². The molecule has 1 atom stereocenters. The maximum atomic E-state index is 4.62.